The summed E-state index contributed by atoms with van der Waals surface area (Å²) in [7, 11) is 3.56. The van der Waals surface area contributed by atoms with Crippen LogP contribution in [0, 0.1) is 5.41 Å². The summed E-state index contributed by atoms with van der Waals surface area (Å²) < 4.78 is 29.7. The van der Waals surface area contributed by atoms with Crippen molar-refractivity contribution in [1.29, 1.82) is 0 Å². The second kappa shape index (κ2) is 10.2. The number of aliphatic imine (C=N–C) groups is 1. The van der Waals surface area contributed by atoms with Crippen LogP contribution in [-0.2, 0) is 11.3 Å². The number of alkyl halides is 2. The van der Waals surface area contributed by atoms with Gasteiger partial charge in [-0.2, -0.15) is 8.78 Å². The predicted molar refractivity (Wildman–Crippen MR) is 105 cm³/mol. The number of carbonyl (C=O) groups excluding carboxylic acids is 1. The van der Waals surface area contributed by atoms with E-state index < -0.39 is 12.0 Å². The summed E-state index contributed by atoms with van der Waals surface area (Å²) in [6.45, 7) is 0.394. The number of guanidine groups is 1. The van der Waals surface area contributed by atoms with Crippen molar-refractivity contribution in [3.05, 3.63) is 29.8 Å². The van der Waals surface area contributed by atoms with Crippen LogP contribution in [0.1, 0.15) is 38.2 Å². The number of amides is 1. The van der Waals surface area contributed by atoms with E-state index in [1.807, 2.05) is 6.92 Å². The van der Waals surface area contributed by atoms with E-state index >= 15 is 0 Å². The van der Waals surface area contributed by atoms with Crippen molar-refractivity contribution in [2.75, 3.05) is 27.2 Å². The average Bonchev–Trinajstić information content (AvgIpc) is 3.14. The van der Waals surface area contributed by atoms with E-state index in [0.717, 1.165) is 25.7 Å². The maximum atomic E-state index is 12.7. The molecule has 1 aromatic carbocycles. The molecule has 1 saturated carbocycles. The SMILES string of the molecule is CCNC(=NCc1ccccc1OC(F)F)NCC1(C(=O)N(C)C)CCCC1. The van der Waals surface area contributed by atoms with Gasteiger partial charge in [-0.1, -0.05) is 31.0 Å². The smallest absolute Gasteiger partial charge is 0.387 e. The highest BCUT2D eigenvalue weighted by Crippen LogP contribution is 2.38. The van der Waals surface area contributed by atoms with Gasteiger partial charge in [0, 0.05) is 32.7 Å². The number of ether oxygens (including phenoxy) is 1. The van der Waals surface area contributed by atoms with Crippen molar-refractivity contribution >= 4 is 11.9 Å². The Balaban J connectivity index is 2.10. The number of para-hydroxylation sites is 1. The maximum Gasteiger partial charge on any atom is 0.387 e. The third-order valence-corrected chi connectivity index (χ3v) is 4.96. The summed E-state index contributed by atoms with van der Waals surface area (Å²) in [6.07, 6.45) is 3.77. The Hall–Kier alpha value is -2.38. The molecule has 2 N–H and O–H groups in total. The lowest BCUT2D eigenvalue weighted by atomic mass is 9.84. The molecule has 0 aliphatic heterocycles. The van der Waals surface area contributed by atoms with E-state index in [4.69, 9.17) is 0 Å². The molecule has 1 aliphatic rings. The van der Waals surface area contributed by atoms with E-state index in [1.165, 1.54) is 6.07 Å². The van der Waals surface area contributed by atoms with Gasteiger partial charge in [0.1, 0.15) is 5.75 Å². The van der Waals surface area contributed by atoms with Crippen LogP contribution in [0.3, 0.4) is 0 Å². The normalized spacial score (nSPS) is 16.1. The minimum atomic E-state index is -2.88. The van der Waals surface area contributed by atoms with E-state index in [-0.39, 0.29) is 18.2 Å². The van der Waals surface area contributed by atoms with Crippen LogP contribution in [0.2, 0.25) is 0 Å². The van der Waals surface area contributed by atoms with Crippen molar-refractivity contribution in [3.8, 4) is 5.75 Å². The molecular weight excluding hydrogens is 366 g/mol. The second-order valence-corrected chi connectivity index (χ2v) is 7.22. The Morgan fingerprint density at radius 1 is 1.25 bits per heavy atom. The fourth-order valence-electron chi connectivity index (χ4n) is 3.60. The molecule has 2 rings (SSSR count). The summed E-state index contributed by atoms with van der Waals surface area (Å²) in [4.78, 5) is 18.8. The Bertz CT molecular complexity index is 674. The van der Waals surface area contributed by atoms with Gasteiger partial charge in [0.25, 0.3) is 0 Å². The summed E-state index contributed by atoms with van der Waals surface area (Å²) in [5.74, 6) is 0.795. The summed E-state index contributed by atoms with van der Waals surface area (Å²) in [6, 6.07) is 6.61. The number of halogens is 2. The molecule has 6 nitrogen and oxygen atoms in total. The number of hydrogen-bond donors (Lipinski definition) is 2. The fraction of sp³-hybridized carbons (Fsp3) is 0.600. The van der Waals surface area contributed by atoms with Crippen LogP contribution in [0.25, 0.3) is 0 Å². The molecule has 28 heavy (non-hydrogen) atoms. The van der Waals surface area contributed by atoms with Crippen molar-refractivity contribution in [1.82, 2.24) is 15.5 Å². The van der Waals surface area contributed by atoms with E-state index in [2.05, 4.69) is 20.4 Å². The zero-order valence-electron chi connectivity index (χ0n) is 16.8. The molecule has 8 heteroatoms. The maximum absolute atomic E-state index is 12.7. The molecule has 0 unspecified atom stereocenters. The Labute approximate surface area is 165 Å². The highest BCUT2D eigenvalue weighted by Gasteiger charge is 2.42. The van der Waals surface area contributed by atoms with Gasteiger partial charge in [0.05, 0.1) is 12.0 Å². The number of hydrogen-bond acceptors (Lipinski definition) is 3. The zero-order chi connectivity index (χ0) is 20.6. The van der Waals surface area contributed by atoms with Crippen molar-refractivity contribution in [2.45, 2.75) is 45.8 Å². The first-order valence-corrected chi connectivity index (χ1v) is 9.64. The largest absolute Gasteiger partial charge is 0.434 e. The van der Waals surface area contributed by atoms with Crippen molar-refractivity contribution in [2.24, 2.45) is 10.4 Å². The van der Waals surface area contributed by atoms with Crippen LogP contribution in [0.4, 0.5) is 8.78 Å². The third-order valence-electron chi connectivity index (χ3n) is 4.96. The highest BCUT2D eigenvalue weighted by molar-refractivity contribution is 5.85. The number of rotatable bonds is 8. The minimum absolute atomic E-state index is 0.118. The summed E-state index contributed by atoms with van der Waals surface area (Å²) in [5, 5.41) is 6.42. The van der Waals surface area contributed by atoms with Crippen LogP contribution in [0.15, 0.2) is 29.3 Å². The molecule has 1 aliphatic carbocycles. The van der Waals surface area contributed by atoms with Crippen molar-refractivity contribution < 1.29 is 18.3 Å². The number of nitrogens with zero attached hydrogens (tertiary/aromatic N) is 2. The molecule has 1 amide bonds. The van der Waals surface area contributed by atoms with Crippen LogP contribution in [-0.4, -0.2) is 50.6 Å². The number of benzene rings is 1. The lowest BCUT2D eigenvalue weighted by molar-refractivity contribution is -0.138. The van der Waals surface area contributed by atoms with Gasteiger partial charge in [-0.15, -0.1) is 0 Å². The zero-order valence-corrected chi connectivity index (χ0v) is 16.8. The van der Waals surface area contributed by atoms with Crippen molar-refractivity contribution in [3.63, 3.8) is 0 Å². The lowest BCUT2D eigenvalue weighted by Gasteiger charge is -2.31. The van der Waals surface area contributed by atoms with Gasteiger partial charge in [-0.3, -0.25) is 4.79 Å². The molecule has 156 valence electrons. The Morgan fingerprint density at radius 3 is 2.54 bits per heavy atom. The van der Waals surface area contributed by atoms with E-state index in [0.29, 0.717) is 24.6 Å². The minimum Gasteiger partial charge on any atom is -0.434 e. The molecule has 0 saturated heterocycles. The predicted octanol–water partition coefficient (Wildman–Crippen LogP) is 2.99. The van der Waals surface area contributed by atoms with E-state index in [1.54, 1.807) is 37.2 Å². The van der Waals surface area contributed by atoms with Gasteiger partial charge in [0.2, 0.25) is 5.91 Å². The molecular formula is C20H30F2N4O2. The van der Waals surface area contributed by atoms with Crippen LogP contribution >= 0.6 is 0 Å². The molecule has 0 aromatic heterocycles. The highest BCUT2D eigenvalue weighted by atomic mass is 19.3. The quantitative estimate of drug-likeness (QED) is 0.524. The van der Waals surface area contributed by atoms with Gasteiger partial charge < -0.3 is 20.3 Å². The number of carbonyl (C=O) groups is 1. The molecule has 1 aromatic rings. The van der Waals surface area contributed by atoms with E-state index in [9.17, 15) is 13.6 Å². The molecule has 0 atom stereocenters. The average molecular weight is 396 g/mol. The summed E-state index contributed by atoms with van der Waals surface area (Å²) >= 11 is 0. The van der Waals surface area contributed by atoms with Crippen LogP contribution in [0.5, 0.6) is 5.75 Å². The van der Waals surface area contributed by atoms with Gasteiger partial charge in [-0.25, -0.2) is 4.99 Å². The van der Waals surface area contributed by atoms with Gasteiger partial charge >= 0.3 is 6.61 Å². The molecule has 0 bridgehead atoms. The monoisotopic (exact) mass is 396 g/mol. The molecule has 0 heterocycles. The standard InChI is InChI=1S/C20H30F2N4O2/c1-4-23-19(24-13-15-9-5-6-10-16(15)28-18(21)22)25-14-20(11-7-8-12-20)17(27)26(2)3/h5-6,9-10,18H,4,7-8,11-14H2,1-3H3,(H2,23,24,25). The number of nitrogens with one attached hydrogen (secondary N) is 2. The van der Waals surface area contributed by atoms with Gasteiger partial charge in [-0.05, 0) is 25.8 Å². The molecule has 1 fully saturated rings. The first-order chi connectivity index (χ1) is 13.4. The second-order valence-electron chi connectivity index (χ2n) is 7.22. The Morgan fingerprint density at radius 2 is 1.93 bits per heavy atom. The first kappa shape index (κ1) is 21.9. The fourth-order valence-corrected chi connectivity index (χ4v) is 3.60. The third kappa shape index (κ3) is 5.81. The lowest BCUT2D eigenvalue weighted by Crippen LogP contribution is -2.49. The van der Waals surface area contributed by atoms with Gasteiger partial charge in [0.15, 0.2) is 5.96 Å². The van der Waals surface area contributed by atoms with Crippen LogP contribution < -0.4 is 15.4 Å². The Kier molecular flexibility index (Phi) is 8.02. The first-order valence-electron chi connectivity index (χ1n) is 9.64. The summed E-state index contributed by atoms with van der Waals surface area (Å²) in [5.41, 5.74) is 0.149. The molecule has 0 spiro atoms. The molecule has 0 radical (unpaired) electrons. The topological polar surface area (TPSA) is 66.0 Å².